The van der Waals surface area contributed by atoms with Crippen LogP contribution in [0.4, 0.5) is 11.6 Å². The fraction of sp³-hybridized carbons (Fsp3) is 0.143. The first-order valence-electron chi connectivity index (χ1n) is 6.21. The highest BCUT2D eigenvalue weighted by Crippen LogP contribution is 2.22. The number of aryl methyl sites for hydroxylation is 1. The van der Waals surface area contributed by atoms with Gasteiger partial charge in [0.1, 0.15) is 5.76 Å². The van der Waals surface area contributed by atoms with Crippen molar-refractivity contribution >= 4 is 23.4 Å². The zero-order chi connectivity index (χ0) is 13.8. The topological polar surface area (TPSA) is 66.7 Å². The van der Waals surface area contributed by atoms with Gasteiger partial charge in [-0.3, -0.25) is 5.10 Å². The van der Waals surface area contributed by atoms with Crippen LogP contribution < -0.4 is 5.32 Å². The monoisotopic (exact) mass is 286 g/mol. The van der Waals surface area contributed by atoms with Crippen LogP contribution in [0.3, 0.4) is 0 Å². The van der Waals surface area contributed by atoms with Gasteiger partial charge in [0.25, 0.3) is 0 Å². The van der Waals surface area contributed by atoms with Crippen LogP contribution in [0.5, 0.6) is 0 Å². The van der Waals surface area contributed by atoms with Crippen LogP contribution in [0.25, 0.3) is 0 Å². The van der Waals surface area contributed by atoms with Crippen molar-refractivity contribution in [2.45, 2.75) is 17.8 Å². The van der Waals surface area contributed by atoms with Gasteiger partial charge in [-0.25, -0.2) is 0 Å². The van der Waals surface area contributed by atoms with Crippen molar-refractivity contribution in [3.05, 3.63) is 54.0 Å². The molecule has 0 bridgehead atoms. The van der Waals surface area contributed by atoms with Gasteiger partial charge in [0.2, 0.25) is 5.95 Å². The van der Waals surface area contributed by atoms with E-state index < -0.39 is 0 Å². The SMILES string of the molecule is Cc1ccccc1Nc1n[nH]c(SCc2ccco2)n1. The summed E-state index contributed by atoms with van der Waals surface area (Å²) >= 11 is 1.55. The average Bonchev–Trinajstić information content (AvgIpc) is 3.10. The molecule has 0 radical (unpaired) electrons. The number of hydrogen-bond acceptors (Lipinski definition) is 5. The summed E-state index contributed by atoms with van der Waals surface area (Å²) in [5, 5.41) is 11.0. The predicted molar refractivity (Wildman–Crippen MR) is 79.1 cm³/mol. The minimum absolute atomic E-state index is 0.571. The Balaban J connectivity index is 1.63. The number of nitrogens with one attached hydrogen (secondary N) is 2. The molecule has 2 aromatic heterocycles. The van der Waals surface area contributed by atoms with E-state index in [1.54, 1.807) is 18.0 Å². The molecule has 0 fully saturated rings. The van der Waals surface area contributed by atoms with Gasteiger partial charge >= 0.3 is 0 Å². The van der Waals surface area contributed by atoms with Gasteiger partial charge in [-0.15, -0.1) is 5.10 Å². The summed E-state index contributed by atoms with van der Waals surface area (Å²) in [6, 6.07) is 11.8. The van der Waals surface area contributed by atoms with E-state index in [4.69, 9.17) is 4.42 Å². The molecular weight excluding hydrogens is 272 g/mol. The van der Waals surface area contributed by atoms with Crippen molar-refractivity contribution in [3.63, 3.8) is 0 Å². The van der Waals surface area contributed by atoms with Crippen LogP contribution in [-0.4, -0.2) is 15.2 Å². The van der Waals surface area contributed by atoms with Crippen LogP contribution in [0, 0.1) is 6.92 Å². The molecule has 20 heavy (non-hydrogen) atoms. The Morgan fingerprint density at radius 3 is 2.95 bits per heavy atom. The number of anilines is 2. The lowest BCUT2D eigenvalue weighted by atomic mass is 10.2. The Bertz CT molecular complexity index is 678. The summed E-state index contributed by atoms with van der Waals surface area (Å²) in [6.45, 7) is 2.04. The van der Waals surface area contributed by atoms with Gasteiger partial charge in [-0.05, 0) is 30.7 Å². The minimum Gasteiger partial charge on any atom is -0.468 e. The summed E-state index contributed by atoms with van der Waals surface area (Å²) < 4.78 is 5.27. The lowest BCUT2D eigenvalue weighted by molar-refractivity contribution is 0.530. The van der Waals surface area contributed by atoms with E-state index >= 15 is 0 Å². The van der Waals surface area contributed by atoms with Crippen LogP contribution in [0.2, 0.25) is 0 Å². The fourth-order valence-corrected chi connectivity index (χ4v) is 2.44. The van der Waals surface area contributed by atoms with E-state index in [1.165, 1.54) is 0 Å². The molecule has 6 heteroatoms. The number of para-hydroxylation sites is 1. The standard InChI is InChI=1S/C14H14N4OS/c1-10-5-2-3-7-12(10)15-13-16-14(18-17-13)20-9-11-6-4-8-19-11/h2-8H,9H2,1H3,(H2,15,16,17,18). The third kappa shape index (κ3) is 3.03. The first-order valence-corrected chi connectivity index (χ1v) is 7.20. The molecular formula is C14H14N4OS. The Hall–Kier alpha value is -2.21. The molecule has 5 nitrogen and oxygen atoms in total. The molecule has 0 atom stereocenters. The van der Waals surface area contributed by atoms with Gasteiger partial charge in [-0.2, -0.15) is 4.98 Å². The number of H-pyrrole nitrogens is 1. The first-order chi connectivity index (χ1) is 9.81. The molecule has 1 aromatic carbocycles. The van der Waals surface area contributed by atoms with Crippen molar-refractivity contribution in [2.24, 2.45) is 0 Å². The third-order valence-electron chi connectivity index (χ3n) is 2.79. The largest absolute Gasteiger partial charge is 0.468 e. The maximum Gasteiger partial charge on any atom is 0.247 e. The maximum atomic E-state index is 5.27. The molecule has 2 heterocycles. The van der Waals surface area contributed by atoms with Crippen LogP contribution in [0.15, 0.2) is 52.2 Å². The quantitative estimate of drug-likeness (QED) is 0.699. The van der Waals surface area contributed by atoms with E-state index in [1.807, 2.05) is 43.3 Å². The number of benzene rings is 1. The summed E-state index contributed by atoms with van der Waals surface area (Å²) in [7, 11) is 0. The smallest absolute Gasteiger partial charge is 0.247 e. The summed E-state index contributed by atoms with van der Waals surface area (Å²) in [5.74, 6) is 2.22. The fourth-order valence-electron chi connectivity index (χ4n) is 1.74. The van der Waals surface area contributed by atoms with Gasteiger partial charge in [-0.1, -0.05) is 30.0 Å². The van der Waals surface area contributed by atoms with Crippen molar-refractivity contribution < 1.29 is 4.42 Å². The Morgan fingerprint density at radius 2 is 2.15 bits per heavy atom. The van der Waals surface area contributed by atoms with Crippen LogP contribution in [0.1, 0.15) is 11.3 Å². The zero-order valence-electron chi connectivity index (χ0n) is 11.0. The molecule has 0 aliphatic heterocycles. The molecule has 0 unspecified atom stereocenters. The average molecular weight is 286 g/mol. The normalized spacial score (nSPS) is 10.7. The van der Waals surface area contributed by atoms with Crippen molar-refractivity contribution in [1.82, 2.24) is 15.2 Å². The maximum absolute atomic E-state index is 5.27. The highest BCUT2D eigenvalue weighted by Gasteiger charge is 2.06. The molecule has 3 aromatic rings. The zero-order valence-corrected chi connectivity index (χ0v) is 11.8. The van der Waals surface area contributed by atoms with E-state index in [-0.39, 0.29) is 0 Å². The second-order valence-corrected chi connectivity index (χ2v) is 5.24. The molecule has 3 rings (SSSR count). The summed E-state index contributed by atoms with van der Waals surface area (Å²) in [5.41, 5.74) is 2.16. The number of hydrogen-bond donors (Lipinski definition) is 2. The van der Waals surface area contributed by atoms with Crippen molar-refractivity contribution in [1.29, 1.82) is 0 Å². The molecule has 102 valence electrons. The third-order valence-corrected chi connectivity index (χ3v) is 3.67. The van der Waals surface area contributed by atoms with E-state index in [0.717, 1.165) is 27.9 Å². The summed E-state index contributed by atoms with van der Waals surface area (Å²) in [6.07, 6.45) is 1.67. The lowest BCUT2D eigenvalue weighted by Crippen LogP contribution is -1.94. The van der Waals surface area contributed by atoms with Crippen LogP contribution >= 0.6 is 11.8 Å². The summed E-state index contributed by atoms with van der Waals surface area (Å²) in [4.78, 5) is 4.39. The molecule has 0 spiro atoms. The van der Waals surface area contributed by atoms with Crippen LogP contribution in [-0.2, 0) is 5.75 Å². The van der Waals surface area contributed by atoms with Crippen molar-refractivity contribution in [2.75, 3.05) is 5.32 Å². The highest BCUT2D eigenvalue weighted by molar-refractivity contribution is 7.98. The number of nitrogens with zero attached hydrogens (tertiary/aromatic N) is 2. The number of aromatic nitrogens is 3. The van der Waals surface area contributed by atoms with Gasteiger partial charge in [0.15, 0.2) is 5.16 Å². The Kier molecular flexibility index (Phi) is 3.73. The number of thioether (sulfide) groups is 1. The van der Waals surface area contributed by atoms with E-state index in [9.17, 15) is 0 Å². The lowest BCUT2D eigenvalue weighted by Gasteiger charge is -2.04. The Labute approximate surface area is 120 Å². The minimum atomic E-state index is 0.571. The molecule has 0 aliphatic rings. The van der Waals surface area contributed by atoms with E-state index in [2.05, 4.69) is 20.5 Å². The number of aromatic amines is 1. The molecule has 0 amide bonds. The molecule has 0 aliphatic carbocycles. The van der Waals surface area contributed by atoms with Gasteiger partial charge < -0.3 is 9.73 Å². The van der Waals surface area contributed by atoms with Gasteiger partial charge in [0.05, 0.1) is 12.0 Å². The van der Waals surface area contributed by atoms with Gasteiger partial charge in [0, 0.05) is 5.69 Å². The molecule has 0 saturated carbocycles. The molecule has 0 saturated heterocycles. The predicted octanol–water partition coefficient (Wildman–Crippen LogP) is 3.74. The highest BCUT2D eigenvalue weighted by atomic mass is 32.2. The molecule has 2 N–H and O–H groups in total. The second-order valence-electron chi connectivity index (χ2n) is 4.27. The second kappa shape index (κ2) is 5.83. The first kappa shape index (κ1) is 12.8. The number of rotatable bonds is 5. The number of furan rings is 1. The van der Waals surface area contributed by atoms with E-state index in [0.29, 0.717) is 5.95 Å². The Morgan fingerprint density at radius 1 is 1.25 bits per heavy atom. The van der Waals surface area contributed by atoms with Crippen molar-refractivity contribution in [3.8, 4) is 0 Å².